The Kier molecular flexibility index (Phi) is 6.55. The number of methoxy groups -OCH3 is 1. The molecule has 0 spiro atoms. The largest absolute Gasteiger partial charge is 0.496 e. The van der Waals surface area contributed by atoms with E-state index in [-0.39, 0.29) is 11.6 Å². The Hall–Kier alpha value is -3.86. The first-order valence-corrected chi connectivity index (χ1v) is 11.5. The molecule has 0 atom stereocenters. The number of carbonyl (C=O) groups excluding carboxylic acids is 2. The van der Waals surface area contributed by atoms with E-state index in [4.69, 9.17) is 4.74 Å². The molecule has 0 fully saturated rings. The summed E-state index contributed by atoms with van der Waals surface area (Å²) in [5, 5.41) is 3.23. The van der Waals surface area contributed by atoms with Gasteiger partial charge in [-0.2, -0.15) is 0 Å². The molecule has 1 N–H and O–H groups in total. The van der Waals surface area contributed by atoms with Crippen molar-refractivity contribution in [3.05, 3.63) is 95.2 Å². The zero-order valence-corrected chi connectivity index (χ0v) is 20.3. The third kappa shape index (κ3) is 4.34. The lowest BCUT2D eigenvalue weighted by Crippen LogP contribution is -2.32. The van der Waals surface area contributed by atoms with Gasteiger partial charge in [-0.25, -0.2) is 4.90 Å². The number of benzene rings is 3. The minimum atomic E-state index is -0.392. The SMILES string of the molecule is COc1ccccc1C1=C(Nc2ccc(C(C)C)cc2)C(=O)N(c2ccc(C(C)C)cc2)C1=O. The molecule has 5 heteroatoms. The number of carbonyl (C=O) groups is 2. The van der Waals surface area contributed by atoms with Gasteiger partial charge in [-0.15, -0.1) is 0 Å². The van der Waals surface area contributed by atoms with Gasteiger partial charge in [-0.1, -0.05) is 70.2 Å². The highest BCUT2D eigenvalue weighted by Crippen LogP contribution is 2.37. The Morgan fingerprint density at radius 2 is 1.29 bits per heavy atom. The number of hydrogen-bond donors (Lipinski definition) is 1. The number of hydrogen-bond acceptors (Lipinski definition) is 4. The van der Waals surface area contributed by atoms with E-state index in [2.05, 4.69) is 33.0 Å². The van der Waals surface area contributed by atoms with Crippen molar-refractivity contribution in [3.8, 4) is 5.75 Å². The Labute approximate surface area is 201 Å². The van der Waals surface area contributed by atoms with Crippen LogP contribution in [0.25, 0.3) is 5.57 Å². The topological polar surface area (TPSA) is 58.6 Å². The molecule has 0 unspecified atom stereocenters. The van der Waals surface area contributed by atoms with Crippen LogP contribution in [0, 0.1) is 0 Å². The van der Waals surface area contributed by atoms with Crippen molar-refractivity contribution in [2.24, 2.45) is 0 Å². The summed E-state index contributed by atoms with van der Waals surface area (Å²) in [6.45, 7) is 8.48. The number of rotatable bonds is 7. The highest BCUT2D eigenvalue weighted by molar-refractivity contribution is 6.46. The summed E-state index contributed by atoms with van der Waals surface area (Å²) in [5.41, 5.74) is 4.73. The van der Waals surface area contributed by atoms with Crippen LogP contribution in [0.2, 0.25) is 0 Å². The average Bonchev–Trinajstić information content (AvgIpc) is 3.08. The van der Waals surface area contributed by atoms with E-state index in [1.807, 2.05) is 60.7 Å². The predicted molar refractivity (Wildman–Crippen MR) is 137 cm³/mol. The van der Waals surface area contributed by atoms with Gasteiger partial charge in [0.05, 0.1) is 18.4 Å². The lowest BCUT2D eigenvalue weighted by molar-refractivity contribution is -0.120. The highest BCUT2D eigenvalue weighted by Gasteiger charge is 2.41. The van der Waals surface area contributed by atoms with Crippen molar-refractivity contribution in [3.63, 3.8) is 0 Å². The Morgan fingerprint density at radius 3 is 1.85 bits per heavy atom. The minimum Gasteiger partial charge on any atom is -0.496 e. The predicted octanol–water partition coefficient (Wildman–Crippen LogP) is 6.34. The molecule has 0 saturated heterocycles. The Bertz CT molecular complexity index is 1240. The number of nitrogens with one attached hydrogen (secondary N) is 1. The molecular weight excluding hydrogens is 424 g/mol. The van der Waals surface area contributed by atoms with Crippen LogP contribution in [-0.4, -0.2) is 18.9 Å². The molecule has 1 aliphatic rings. The minimum absolute atomic E-state index is 0.236. The molecule has 0 aliphatic carbocycles. The Morgan fingerprint density at radius 1 is 0.735 bits per heavy atom. The summed E-state index contributed by atoms with van der Waals surface area (Å²) < 4.78 is 5.52. The summed E-state index contributed by atoms with van der Waals surface area (Å²) in [7, 11) is 1.56. The van der Waals surface area contributed by atoms with E-state index < -0.39 is 5.91 Å². The number of amides is 2. The summed E-state index contributed by atoms with van der Waals surface area (Å²) in [5.74, 6) is 0.512. The second kappa shape index (κ2) is 9.56. The molecular formula is C29H30N2O3. The lowest BCUT2D eigenvalue weighted by atomic mass is 10.0. The van der Waals surface area contributed by atoms with Crippen LogP contribution in [-0.2, 0) is 9.59 Å². The van der Waals surface area contributed by atoms with Gasteiger partial charge < -0.3 is 10.1 Å². The first-order chi connectivity index (χ1) is 16.3. The molecule has 0 bridgehead atoms. The van der Waals surface area contributed by atoms with Crippen LogP contribution in [0.3, 0.4) is 0 Å². The number of ether oxygens (including phenoxy) is 1. The molecule has 0 aromatic heterocycles. The van der Waals surface area contributed by atoms with E-state index in [1.54, 1.807) is 19.2 Å². The van der Waals surface area contributed by atoms with Gasteiger partial charge in [0.2, 0.25) is 0 Å². The van der Waals surface area contributed by atoms with E-state index >= 15 is 0 Å². The van der Waals surface area contributed by atoms with Gasteiger partial charge in [-0.3, -0.25) is 9.59 Å². The summed E-state index contributed by atoms with van der Waals surface area (Å²) >= 11 is 0. The quantitative estimate of drug-likeness (QED) is 0.423. The maximum Gasteiger partial charge on any atom is 0.282 e. The van der Waals surface area contributed by atoms with Crippen LogP contribution in [0.4, 0.5) is 11.4 Å². The van der Waals surface area contributed by atoms with Crippen molar-refractivity contribution < 1.29 is 14.3 Å². The number of para-hydroxylation sites is 1. The molecule has 3 aromatic rings. The zero-order valence-electron chi connectivity index (χ0n) is 20.3. The maximum atomic E-state index is 13.7. The van der Waals surface area contributed by atoms with Crippen LogP contribution in [0.15, 0.2) is 78.5 Å². The van der Waals surface area contributed by atoms with Gasteiger partial charge in [0.1, 0.15) is 11.4 Å². The highest BCUT2D eigenvalue weighted by atomic mass is 16.5. The summed E-state index contributed by atoms with van der Waals surface area (Å²) in [4.78, 5) is 28.6. The molecule has 4 rings (SSSR count). The molecule has 0 radical (unpaired) electrons. The summed E-state index contributed by atoms with van der Waals surface area (Å²) in [6.07, 6.45) is 0. The van der Waals surface area contributed by atoms with Gasteiger partial charge in [0.25, 0.3) is 11.8 Å². The van der Waals surface area contributed by atoms with Crippen LogP contribution >= 0.6 is 0 Å². The zero-order chi connectivity index (χ0) is 24.4. The fourth-order valence-corrected chi connectivity index (χ4v) is 4.09. The number of anilines is 2. The molecule has 1 aliphatic heterocycles. The maximum absolute atomic E-state index is 13.7. The fraction of sp³-hybridized carbons (Fsp3) is 0.241. The van der Waals surface area contributed by atoms with E-state index in [9.17, 15) is 9.59 Å². The van der Waals surface area contributed by atoms with E-state index in [0.717, 1.165) is 11.3 Å². The fourth-order valence-electron chi connectivity index (χ4n) is 4.09. The van der Waals surface area contributed by atoms with Crippen molar-refractivity contribution in [1.29, 1.82) is 0 Å². The third-order valence-electron chi connectivity index (χ3n) is 6.12. The van der Waals surface area contributed by atoms with Gasteiger partial charge in [0.15, 0.2) is 0 Å². The van der Waals surface area contributed by atoms with Crippen LogP contribution in [0.5, 0.6) is 5.75 Å². The normalized spacial score (nSPS) is 13.9. The van der Waals surface area contributed by atoms with Gasteiger partial charge >= 0.3 is 0 Å². The van der Waals surface area contributed by atoms with Crippen molar-refractivity contribution in [2.75, 3.05) is 17.3 Å². The molecule has 0 saturated carbocycles. The van der Waals surface area contributed by atoms with Crippen molar-refractivity contribution in [2.45, 2.75) is 39.5 Å². The van der Waals surface area contributed by atoms with E-state index in [1.165, 1.54) is 10.5 Å². The molecule has 2 amide bonds. The second-order valence-electron chi connectivity index (χ2n) is 9.04. The number of nitrogens with zero attached hydrogens (tertiary/aromatic N) is 1. The van der Waals surface area contributed by atoms with Gasteiger partial charge in [0, 0.05) is 11.3 Å². The molecule has 34 heavy (non-hydrogen) atoms. The third-order valence-corrected chi connectivity index (χ3v) is 6.12. The second-order valence-corrected chi connectivity index (χ2v) is 9.04. The molecule has 174 valence electrons. The van der Waals surface area contributed by atoms with Gasteiger partial charge in [-0.05, 0) is 53.3 Å². The smallest absolute Gasteiger partial charge is 0.282 e. The monoisotopic (exact) mass is 454 g/mol. The number of imide groups is 1. The lowest BCUT2D eigenvalue weighted by Gasteiger charge is -2.17. The molecule has 5 nitrogen and oxygen atoms in total. The van der Waals surface area contributed by atoms with Crippen molar-refractivity contribution >= 4 is 28.8 Å². The van der Waals surface area contributed by atoms with Crippen molar-refractivity contribution in [1.82, 2.24) is 0 Å². The van der Waals surface area contributed by atoms with E-state index in [0.29, 0.717) is 34.4 Å². The molecule has 1 heterocycles. The standard InChI is InChI=1S/C29H30N2O3/c1-18(2)20-10-14-22(15-11-20)30-27-26(24-8-6-7-9-25(24)34-5)28(32)31(29(27)33)23-16-12-21(13-17-23)19(3)4/h6-19,30H,1-5H3. The molecule has 3 aromatic carbocycles. The first-order valence-electron chi connectivity index (χ1n) is 11.5. The first kappa shape index (κ1) is 23.3. The Balaban J connectivity index is 1.79. The van der Waals surface area contributed by atoms with Crippen LogP contribution in [0.1, 0.15) is 56.2 Å². The summed E-state index contributed by atoms with van der Waals surface area (Å²) in [6, 6.07) is 22.7. The average molecular weight is 455 g/mol. The van der Waals surface area contributed by atoms with Crippen LogP contribution < -0.4 is 15.0 Å².